The molecule has 0 aliphatic rings. The SMILES string of the molecule is C=CCNC(=O)NC(C)C. The maximum absolute atomic E-state index is 10.7. The maximum Gasteiger partial charge on any atom is 0.315 e. The Morgan fingerprint density at radius 1 is 1.70 bits per heavy atom. The van der Waals surface area contributed by atoms with Crippen molar-refractivity contribution in [2.75, 3.05) is 6.54 Å². The molecule has 2 N–H and O–H groups in total. The lowest BCUT2D eigenvalue weighted by Crippen LogP contribution is -2.39. The van der Waals surface area contributed by atoms with E-state index in [-0.39, 0.29) is 12.1 Å². The van der Waals surface area contributed by atoms with Crippen molar-refractivity contribution in [1.29, 1.82) is 0 Å². The van der Waals surface area contributed by atoms with Crippen molar-refractivity contribution in [2.24, 2.45) is 0 Å². The van der Waals surface area contributed by atoms with Gasteiger partial charge in [-0.3, -0.25) is 0 Å². The Morgan fingerprint density at radius 2 is 2.30 bits per heavy atom. The van der Waals surface area contributed by atoms with Crippen LogP contribution < -0.4 is 10.6 Å². The summed E-state index contributed by atoms with van der Waals surface area (Å²) in [5.74, 6) is 0. The molecule has 0 fully saturated rings. The summed E-state index contributed by atoms with van der Waals surface area (Å²) in [5, 5.41) is 5.28. The zero-order chi connectivity index (χ0) is 7.98. The van der Waals surface area contributed by atoms with Crippen molar-refractivity contribution in [1.82, 2.24) is 10.6 Å². The molecule has 0 rings (SSSR count). The molecule has 0 unspecified atom stereocenters. The third-order valence-electron chi connectivity index (χ3n) is 0.827. The van der Waals surface area contributed by atoms with E-state index in [1.54, 1.807) is 6.08 Å². The Hall–Kier alpha value is -0.990. The Balaban J connectivity index is 3.34. The monoisotopic (exact) mass is 142 g/mol. The first-order valence-electron chi connectivity index (χ1n) is 3.32. The van der Waals surface area contributed by atoms with Gasteiger partial charge < -0.3 is 10.6 Å². The van der Waals surface area contributed by atoms with E-state index in [0.29, 0.717) is 6.54 Å². The summed E-state index contributed by atoms with van der Waals surface area (Å²) in [6.45, 7) is 7.80. The highest BCUT2D eigenvalue weighted by atomic mass is 16.2. The number of carbonyl (C=O) groups is 1. The number of amides is 2. The van der Waals surface area contributed by atoms with E-state index < -0.39 is 0 Å². The minimum Gasteiger partial charge on any atom is -0.336 e. The van der Waals surface area contributed by atoms with Gasteiger partial charge in [-0.15, -0.1) is 6.58 Å². The minimum absolute atomic E-state index is 0.144. The number of carbonyl (C=O) groups excluding carboxylic acids is 1. The van der Waals surface area contributed by atoms with Gasteiger partial charge in [0.1, 0.15) is 0 Å². The van der Waals surface area contributed by atoms with Crippen LogP contribution >= 0.6 is 0 Å². The zero-order valence-electron chi connectivity index (χ0n) is 6.48. The van der Waals surface area contributed by atoms with Crippen molar-refractivity contribution < 1.29 is 4.79 Å². The van der Waals surface area contributed by atoms with Gasteiger partial charge in [-0.05, 0) is 13.8 Å². The number of nitrogens with one attached hydrogen (secondary N) is 2. The van der Waals surface area contributed by atoms with E-state index in [0.717, 1.165) is 0 Å². The third kappa shape index (κ3) is 5.15. The van der Waals surface area contributed by atoms with Gasteiger partial charge in [-0.25, -0.2) is 4.79 Å². The molecule has 3 heteroatoms. The smallest absolute Gasteiger partial charge is 0.315 e. The van der Waals surface area contributed by atoms with E-state index in [2.05, 4.69) is 17.2 Å². The largest absolute Gasteiger partial charge is 0.336 e. The van der Waals surface area contributed by atoms with Crippen molar-refractivity contribution in [2.45, 2.75) is 19.9 Å². The number of hydrogen-bond acceptors (Lipinski definition) is 1. The lowest BCUT2D eigenvalue weighted by atomic mass is 10.4. The van der Waals surface area contributed by atoms with Crippen LogP contribution in [-0.4, -0.2) is 18.6 Å². The average Bonchev–Trinajstić information content (AvgIpc) is 1.82. The molecule has 0 aliphatic carbocycles. The maximum atomic E-state index is 10.7. The third-order valence-corrected chi connectivity index (χ3v) is 0.827. The minimum atomic E-state index is -0.144. The quantitative estimate of drug-likeness (QED) is 0.564. The summed E-state index contributed by atoms with van der Waals surface area (Å²) < 4.78 is 0. The second-order valence-corrected chi connectivity index (χ2v) is 2.30. The first kappa shape index (κ1) is 9.01. The molecule has 0 atom stereocenters. The molecule has 0 aliphatic heterocycles. The van der Waals surface area contributed by atoms with Crippen molar-refractivity contribution in [3.05, 3.63) is 12.7 Å². The summed E-state index contributed by atoms with van der Waals surface area (Å²) in [6, 6.07) is 0.0414. The summed E-state index contributed by atoms with van der Waals surface area (Å²) in [6.07, 6.45) is 1.64. The van der Waals surface area contributed by atoms with Crippen LogP contribution in [0.1, 0.15) is 13.8 Å². The highest BCUT2D eigenvalue weighted by Gasteiger charge is 1.97. The molecule has 0 saturated heterocycles. The van der Waals surface area contributed by atoms with Crippen LogP contribution in [0.25, 0.3) is 0 Å². The topological polar surface area (TPSA) is 41.1 Å². The first-order chi connectivity index (χ1) is 4.66. The van der Waals surface area contributed by atoms with E-state index in [1.807, 2.05) is 13.8 Å². The molecule has 3 nitrogen and oxygen atoms in total. The molecule has 58 valence electrons. The zero-order valence-corrected chi connectivity index (χ0v) is 6.48. The second kappa shape index (κ2) is 4.85. The molecule has 0 bridgehead atoms. The molecule has 0 aromatic rings. The molecular weight excluding hydrogens is 128 g/mol. The Morgan fingerprint density at radius 3 is 2.70 bits per heavy atom. The van der Waals surface area contributed by atoms with Crippen molar-refractivity contribution in [3.63, 3.8) is 0 Å². The molecule has 2 amide bonds. The molecule has 0 spiro atoms. The molecule has 0 aromatic heterocycles. The van der Waals surface area contributed by atoms with Crippen LogP contribution in [0, 0.1) is 0 Å². The highest BCUT2D eigenvalue weighted by molar-refractivity contribution is 5.74. The fourth-order valence-corrected chi connectivity index (χ4v) is 0.478. The summed E-state index contributed by atoms with van der Waals surface area (Å²) >= 11 is 0. The lowest BCUT2D eigenvalue weighted by molar-refractivity contribution is 0.239. The predicted octanol–water partition coefficient (Wildman–Crippen LogP) is 0.880. The molecule has 0 aromatic carbocycles. The van der Waals surface area contributed by atoms with E-state index in [4.69, 9.17) is 0 Å². The Kier molecular flexibility index (Phi) is 4.37. The number of rotatable bonds is 3. The standard InChI is InChI=1S/C7H14N2O/c1-4-5-8-7(10)9-6(2)3/h4,6H,1,5H2,2-3H3,(H2,8,9,10). The van der Waals surface area contributed by atoms with Crippen LogP contribution in [0.5, 0.6) is 0 Å². The van der Waals surface area contributed by atoms with Crippen LogP contribution in [0.4, 0.5) is 4.79 Å². The van der Waals surface area contributed by atoms with Crippen LogP contribution in [0.2, 0.25) is 0 Å². The Labute approximate surface area is 61.5 Å². The van der Waals surface area contributed by atoms with E-state index in [9.17, 15) is 4.79 Å². The van der Waals surface area contributed by atoms with Gasteiger partial charge in [0, 0.05) is 12.6 Å². The summed E-state index contributed by atoms with van der Waals surface area (Å²) in [7, 11) is 0. The normalized spacial score (nSPS) is 9.10. The molecular formula is C7H14N2O. The molecule has 0 saturated carbocycles. The fraction of sp³-hybridized carbons (Fsp3) is 0.571. The average molecular weight is 142 g/mol. The van der Waals surface area contributed by atoms with Crippen LogP contribution in [0.3, 0.4) is 0 Å². The molecule has 0 radical (unpaired) electrons. The van der Waals surface area contributed by atoms with Crippen molar-refractivity contribution in [3.8, 4) is 0 Å². The van der Waals surface area contributed by atoms with Crippen molar-refractivity contribution >= 4 is 6.03 Å². The van der Waals surface area contributed by atoms with Crippen LogP contribution in [0.15, 0.2) is 12.7 Å². The fourth-order valence-electron chi connectivity index (χ4n) is 0.478. The van der Waals surface area contributed by atoms with Gasteiger partial charge in [-0.2, -0.15) is 0 Å². The number of urea groups is 1. The number of hydrogen-bond donors (Lipinski definition) is 2. The van der Waals surface area contributed by atoms with Gasteiger partial charge >= 0.3 is 6.03 Å². The lowest BCUT2D eigenvalue weighted by Gasteiger charge is -2.07. The molecule has 10 heavy (non-hydrogen) atoms. The van der Waals surface area contributed by atoms with Gasteiger partial charge in [0.15, 0.2) is 0 Å². The first-order valence-corrected chi connectivity index (χ1v) is 3.32. The summed E-state index contributed by atoms with van der Waals surface area (Å²) in [5.41, 5.74) is 0. The molecule has 0 heterocycles. The van der Waals surface area contributed by atoms with Gasteiger partial charge in [0.2, 0.25) is 0 Å². The van der Waals surface area contributed by atoms with Crippen LogP contribution in [-0.2, 0) is 0 Å². The summed E-state index contributed by atoms with van der Waals surface area (Å²) in [4.78, 5) is 10.7. The van der Waals surface area contributed by atoms with E-state index in [1.165, 1.54) is 0 Å². The Bertz CT molecular complexity index is 121. The second-order valence-electron chi connectivity index (χ2n) is 2.30. The van der Waals surface area contributed by atoms with Gasteiger partial charge in [0.05, 0.1) is 0 Å². The van der Waals surface area contributed by atoms with Gasteiger partial charge in [0.25, 0.3) is 0 Å². The van der Waals surface area contributed by atoms with E-state index >= 15 is 0 Å². The predicted molar refractivity (Wildman–Crippen MR) is 41.9 cm³/mol. The highest BCUT2D eigenvalue weighted by Crippen LogP contribution is 1.75. The van der Waals surface area contributed by atoms with Gasteiger partial charge in [-0.1, -0.05) is 6.08 Å².